The molecule has 0 aliphatic carbocycles. The van der Waals surface area contributed by atoms with E-state index in [-0.39, 0.29) is 11.7 Å². The molecular weight excluding hydrogens is 396 g/mol. The summed E-state index contributed by atoms with van der Waals surface area (Å²) < 4.78 is 28.2. The zero-order chi connectivity index (χ0) is 21.8. The summed E-state index contributed by atoms with van der Waals surface area (Å²) in [5.74, 6) is -0.847. The van der Waals surface area contributed by atoms with Crippen molar-refractivity contribution >= 4 is 16.8 Å². The summed E-state index contributed by atoms with van der Waals surface area (Å²) in [7, 11) is 0. The minimum atomic E-state index is -1.52. The first-order valence-electron chi connectivity index (χ1n) is 10.2. The molecule has 0 saturated heterocycles. The normalized spacial score (nSPS) is 13.1. The van der Waals surface area contributed by atoms with Crippen LogP contribution in [0, 0.1) is 5.82 Å². The second-order valence-corrected chi connectivity index (χ2v) is 7.51. The number of benzene rings is 3. The summed E-state index contributed by atoms with van der Waals surface area (Å²) in [5.41, 5.74) is 3.91. The quantitative estimate of drug-likeness (QED) is 0.450. The Morgan fingerprint density at radius 2 is 1.77 bits per heavy atom. The van der Waals surface area contributed by atoms with Crippen molar-refractivity contribution in [3.63, 3.8) is 0 Å². The summed E-state index contributed by atoms with van der Waals surface area (Å²) >= 11 is 0. The molecular formula is C25H23F2N3O. The van der Waals surface area contributed by atoms with Crippen LogP contribution < -0.4 is 5.32 Å². The molecule has 0 radical (unpaired) electrons. The number of hydrogen-bond acceptors (Lipinski definition) is 2. The van der Waals surface area contributed by atoms with Crippen LogP contribution in [0.15, 0.2) is 79.0 Å². The van der Waals surface area contributed by atoms with Gasteiger partial charge in [-0.25, -0.2) is 13.5 Å². The van der Waals surface area contributed by atoms with Crippen molar-refractivity contribution in [2.75, 3.05) is 6.54 Å². The van der Waals surface area contributed by atoms with Gasteiger partial charge in [0.1, 0.15) is 5.82 Å². The van der Waals surface area contributed by atoms with Gasteiger partial charge in [0, 0.05) is 17.8 Å². The average Bonchev–Trinajstić information content (AvgIpc) is 3.21. The molecule has 0 saturated carbocycles. The molecule has 0 fully saturated rings. The Kier molecular flexibility index (Phi) is 6.07. The van der Waals surface area contributed by atoms with Gasteiger partial charge in [-0.05, 0) is 60.9 Å². The smallest absolute Gasteiger partial charge is 0.254 e. The van der Waals surface area contributed by atoms with Gasteiger partial charge in [-0.1, -0.05) is 36.4 Å². The molecule has 0 aliphatic rings. The maximum absolute atomic E-state index is 13.3. The number of carbonyl (C=O) groups excluding carboxylic acids is 1. The largest absolute Gasteiger partial charge is 0.354 e. The van der Waals surface area contributed by atoms with Crippen LogP contribution in [-0.4, -0.2) is 28.4 Å². The molecule has 4 nitrogen and oxygen atoms in total. The summed E-state index contributed by atoms with van der Waals surface area (Å²) in [6, 6.07) is 22.4. The Hall–Kier alpha value is -3.54. The van der Waals surface area contributed by atoms with E-state index in [1.54, 1.807) is 23.0 Å². The van der Waals surface area contributed by atoms with Gasteiger partial charge in [0.25, 0.3) is 5.91 Å². The molecule has 1 N–H and O–H groups in total. The van der Waals surface area contributed by atoms with Crippen LogP contribution in [0.1, 0.15) is 30.4 Å². The van der Waals surface area contributed by atoms with Crippen molar-refractivity contribution in [3.8, 4) is 5.69 Å². The average molecular weight is 419 g/mol. The van der Waals surface area contributed by atoms with E-state index in [4.69, 9.17) is 0 Å². The van der Waals surface area contributed by atoms with Crippen LogP contribution in [0.2, 0.25) is 0 Å². The minimum Gasteiger partial charge on any atom is -0.354 e. The predicted molar refractivity (Wildman–Crippen MR) is 118 cm³/mol. The lowest BCUT2D eigenvalue weighted by Crippen LogP contribution is -2.31. The van der Waals surface area contributed by atoms with Gasteiger partial charge in [0.05, 0.1) is 17.4 Å². The standard InChI is InChI=1S/C25H23F2N3O/c1-17(26)25(31)28-14-13-23(18-5-3-2-4-6-18)19-7-12-24-20(15-19)16-29-30(24)22-10-8-21(27)9-11-22/h2-12,15-17,23H,13-14H2,1H3,(H,28,31). The first-order chi connectivity index (χ1) is 15.0. The Bertz CT molecular complexity index is 1170. The van der Waals surface area contributed by atoms with Crippen molar-refractivity contribution in [1.82, 2.24) is 15.1 Å². The Morgan fingerprint density at radius 1 is 1.03 bits per heavy atom. The molecule has 2 unspecified atom stereocenters. The summed E-state index contributed by atoms with van der Waals surface area (Å²) in [6.07, 6.45) is 0.903. The lowest BCUT2D eigenvalue weighted by atomic mass is 9.88. The number of nitrogens with one attached hydrogen (secondary N) is 1. The van der Waals surface area contributed by atoms with E-state index in [2.05, 4.69) is 28.6 Å². The first kappa shape index (κ1) is 20.7. The molecule has 158 valence electrons. The Morgan fingerprint density at radius 3 is 2.48 bits per heavy atom. The number of fused-ring (bicyclic) bond motifs is 1. The predicted octanol–water partition coefficient (Wildman–Crippen LogP) is 5.16. The number of halogens is 2. The number of amides is 1. The van der Waals surface area contributed by atoms with Gasteiger partial charge < -0.3 is 5.32 Å². The molecule has 1 aromatic heterocycles. The summed E-state index contributed by atoms with van der Waals surface area (Å²) in [6.45, 7) is 1.61. The number of aromatic nitrogens is 2. The third-order valence-electron chi connectivity index (χ3n) is 5.36. The van der Waals surface area contributed by atoms with Crippen LogP contribution in [0.3, 0.4) is 0 Å². The highest BCUT2D eigenvalue weighted by molar-refractivity contribution is 5.81. The topological polar surface area (TPSA) is 46.9 Å². The molecule has 4 aromatic rings. The maximum atomic E-state index is 13.3. The second-order valence-electron chi connectivity index (χ2n) is 7.51. The minimum absolute atomic E-state index is 0.0370. The van der Waals surface area contributed by atoms with Crippen molar-refractivity contribution in [3.05, 3.63) is 95.9 Å². The zero-order valence-corrected chi connectivity index (χ0v) is 17.1. The third-order valence-corrected chi connectivity index (χ3v) is 5.36. The van der Waals surface area contributed by atoms with Crippen LogP contribution in [-0.2, 0) is 4.79 Å². The highest BCUT2D eigenvalue weighted by Gasteiger charge is 2.17. The number of alkyl halides is 1. The molecule has 1 heterocycles. The molecule has 0 aliphatic heterocycles. The van der Waals surface area contributed by atoms with E-state index < -0.39 is 12.1 Å². The molecule has 2 atom stereocenters. The second kappa shape index (κ2) is 9.08. The molecule has 1 amide bonds. The van der Waals surface area contributed by atoms with Gasteiger partial charge in [-0.3, -0.25) is 4.79 Å². The van der Waals surface area contributed by atoms with Gasteiger partial charge >= 0.3 is 0 Å². The lowest BCUT2D eigenvalue weighted by molar-refractivity contribution is -0.125. The molecule has 0 bridgehead atoms. The number of rotatable bonds is 7. The summed E-state index contributed by atoms with van der Waals surface area (Å²) in [4.78, 5) is 11.6. The summed E-state index contributed by atoms with van der Waals surface area (Å²) in [5, 5.41) is 8.09. The van der Waals surface area contributed by atoms with E-state index in [1.165, 1.54) is 19.1 Å². The van der Waals surface area contributed by atoms with E-state index in [0.717, 1.165) is 27.7 Å². The van der Waals surface area contributed by atoms with Crippen molar-refractivity contribution in [2.24, 2.45) is 0 Å². The fraction of sp³-hybridized carbons (Fsp3) is 0.200. The monoisotopic (exact) mass is 419 g/mol. The fourth-order valence-corrected chi connectivity index (χ4v) is 3.75. The van der Waals surface area contributed by atoms with Gasteiger partial charge in [0.15, 0.2) is 6.17 Å². The highest BCUT2D eigenvalue weighted by Crippen LogP contribution is 2.30. The van der Waals surface area contributed by atoms with E-state index in [0.29, 0.717) is 13.0 Å². The Labute approximate surface area is 179 Å². The first-order valence-corrected chi connectivity index (χ1v) is 10.2. The number of carbonyl (C=O) groups is 1. The van der Waals surface area contributed by atoms with Gasteiger partial charge in [-0.15, -0.1) is 0 Å². The van der Waals surface area contributed by atoms with Crippen molar-refractivity contribution < 1.29 is 13.6 Å². The van der Waals surface area contributed by atoms with Crippen LogP contribution >= 0.6 is 0 Å². The van der Waals surface area contributed by atoms with Gasteiger partial charge in [-0.2, -0.15) is 5.10 Å². The molecule has 31 heavy (non-hydrogen) atoms. The third kappa shape index (κ3) is 4.63. The van der Waals surface area contributed by atoms with E-state index in [9.17, 15) is 13.6 Å². The van der Waals surface area contributed by atoms with E-state index >= 15 is 0 Å². The van der Waals surface area contributed by atoms with Crippen LogP contribution in [0.25, 0.3) is 16.6 Å². The number of hydrogen-bond donors (Lipinski definition) is 1. The molecule has 4 rings (SSSR count). The van der Waals surface area contributed by atoms with Crippen molar-refractivity contribution in [2.45, 2.75) is 25.4 Å². The van der Waals surface area contributed by atoms with Crippen molar-refractivity contribution in [1.29, 1.82) is 0 Å². The lowest BCUT2D eigenvalue weighted by Gasteiger charge is -2.19. The van der Waals surface area contributed by atoms with E-state index in [1.807, 2.05) is 30.3 Å². The maximum Gasteiger partial charge on any atom is 0.254 e. The fourth-order valence-electron chi connectivity index (χ4n) is 3.75. The molecule has 6 heteroatoms. The van der Waals surface area contributed by atoms with Crippen LogP contribution in [0.5, 0.6) is 0 Å². The zero-order valence-electron chi connectivity index (χ0n) is 17.1. The Balaban J connectivity index is 1.64. The number of nitrogens with zero attached hydrogens (tertiary/aromatic N) is 2. The SMILES string of the molecule is CC(F)C(=O)NCCC(c1ccccc1)c1ccc2c(cnn2-c2ccc(F)cc2)c1. The highest BCUT2D eigenvalue weighted by atomic mass is 19.1. The van der Waals surface area contributed by atoms with Gasteiger partial charge in [0.2, 0.25) is 0 Å². The molecule has 3 aromatic carbocycles. The molecule has 0 spiro atoms. The van der Waals surface area contributed by atoms with Crippen LogP contribution in [0.4, 0.5) is 8.78 Å².